The number of hydrogen-bond donors (Lipinski definition) is 2. The van der Waals surface area contributed by atoms with E-state index in [0.29, 0.717) is 0 Å². The molecule has 0 aliphatic rings. The average Bonchev–Trinajstić information content (AvgIpc) is 2.61. The molecule has 8 heteroatoms. The van der Waals surface area contributed by atoms with Crippen LogP contribution in [0.2, 0.25) is 0 Å². The van der Waals surface area contributed by atoms with Crippen molar-refractivity contribution in [2.75, 3.05) is 44.4 Å². The van der Waals surface area contributed by atoms with Crippen LogP contribution in [-0.4, -0.2) is 56.5 Å². The molecule has 0 bridgehead atoms. The normalized spacial score (nSPS) is 11.3. The van der Waals surface area contributed by atoms with Gasteiger partial charge in [-0.3, -0.25) is 10.7 Å². The van der Waals surface area contributed by atoms with E-state index in [1.165, 1.54) is 13.2 Å². The summed E-state index contributed by atoms with van der Waals surface area (Å²) in [6, 6.07) is 2.45. The fraction of sp³-hybridized carbons (Fsp3) is 0.545. The summed E-state index contributed by atoms with van der Waals surface area (Å²) in [5.41, 5.74) is -0.467. The van der Waals surface area contributed by atoms with Gasteiger partial charge in [0, 0.05) is 18.7 Å². The Kier molecular flexibility index (Phi) is 11.5. The molecule has 30 heavy (non-hydrogen) atoms. The van der Waals surface area contributed by atoms with Crippen molar-refractivity contribution in [2.24, 2.45) is 0 Å². The number of methoxy groups -OCH3 is 1. The van der Waals surface area contributed by atoms with E-state index in [4.69, 9.17) is 19.6 Å². The van der Waals surface area contributed by atoms with E-state index in [9.17, 15) is 9.18 Å². The second-order valence-corrected chi connectivity index (χ2v) is 11.6. The van der Waals surface area contributed by atoms with Crippen LogP contribution in [0.5, 0.6) is 5.75 Å². The number of ether oxygens (including phenoxy) is 3. The van der Waals surface area contributed by atoms with E-state index in [2.05, 4.69) is 16.5 Å². The van der Waals surface area contributed by atoms with Crippen LogP contribution >= 0.6 is 10.0 Å². The maximum absolute atomic E-state index is 14.5. The first-order chi connectivity index (χ1) is 13.8. The van der Waals surface area contributed by atoms with Crippen LogP contribution in [0.4, 0.5) is 14.9 Å². The lowest BCUT2D eigenvalue weighted by atomic mass is 10.1. The van der Waals surface area contributed by atoms with Gasteiger partial charge in [0.25, 0.3) is 0 Å². The molecule has 0 fully saturated rings. The zero-order valence-electron chi connectivity index (χ0n) is 19.5. The number of halogens is 1. The summed E-state index contributed by atoms with van der Waals surface area (Å²) in [6.07, 6.45) is 5.24. The lowest BCUT2D eigenvalue weighted by Gasteiger charge is -2.21. The number of amides is 1. The maximum atomic E-state index is 14.5. The second kappa shape index (κ2) is 12.5. The molecule has 6 nitrogen and oxygen atoms in total. The van der Waals surface area contributed by atoms with Crippen LogP contribution in [-0.2, 0) is 9.47 Å². The van der Waals surface area contributed by atoms with Crippen molar-refractivity contribution >= 4 is 27.5 Å². The van der Waals surface area contributed by atoms with E-state index in [1.54, 1.807) is 20.8 Å². The highest BCUT2D eigenvalue weighted by atomic mass is 32.3. The van der Waals surface area contributed by atoms with Gasteiger partial charge < -0.3 is 14.2 Å². The Morgan fingerprint density at radius 1 is 1.20 bits per heavy atom. The third-order valence-electron chi connectivity index (χ3n) is 3.00. The van der Waals surface area contributed by atoms with Crippen molar-refractivity contribution in [3.05, 3.63) is 23.5 Å². The number of benzene rings is 1. The summed E-state index contributed by atoms with van der Waals surface area (Å²) < 4.78 is 29.9. The molecule has 0 aliphatic heterocycles. The molecule has 0 atom stereocenters. The minimum atomic E-state index is -1.17. The molecule has 170 valence electrons. The number of carbonyl (C=O) groups is 1. The molecule has 0 aromatic heterocycles. The highest BCUT2D eigenvalue weighted by Gasteiger charge is 2.20. The Morgan fingerprint density at radius 3 is 2.30 bits per heavy atom. The van der Waals surface area contributed by atoms with Crippen molar-refractivity contribution in [1.82, 2.24) is 0 Å². The molecule has 1 aromatic rings. The molecule has 0 aliphatic carbocycles. The average molecular weight is 443 g/mol. The highest BCUT2D eigenvalue weighted by molar-refractivity contribution is 8.36. The number of nitrogens with one attached hydrogen (secondary N) is 2. The van der Waals surface area contributed by atoms with E-state index in [1.807, 2.05) is 32.6 Å². The zero-order chi connectivity index (χ0) is 23.5. The van der Waals surface area contributed by atoms with Gasteiger partial charge in [-0.15, -0.1) is 0 Å². The fourth-order valence-electron chi connectivity index (χ4n) is 1.89. The molecule has 0 unspecified atom stereocenters. The summed E-state index contributed by atoms with van der Waals surface area (Å²) >= 11 is 0. The molecule has 1 rings (SSSR count). The zero-order valence-corrected chi connectivity index (χ0v) is 20.3. The fourth-order valence-corrected chi connectivity index (χ4v) is 2.30. The van der Waals surface area contributed by atoms with Crippen LogP contribution in [0.3, 0.4) is 0 Å². The predicted molar refractivity (Wildman–Crippen MR) is 125 cm³/mol. The van der Waals surface area contributed by atoms with Gasteiger partial charge in [-0.05, 0) is 56.8 Å². The Hall–Kier alpha value is -2.24. The van der Waals surface area contributed by atoms with Crippen molar-refractivity contribution in [3.8, 4) is 16.9 Å². The molecule has 2 N–H and O–H groups in total. The Bertz CT molecular complexity index is 787. The largest absolute Gasteiger partial charge is 0.488 e. The van der Waals surface area contributed by atoms with E-state index in [-0.39, 0.29) is 35.9 Å². The summed E-state index contributed by atoms with van der Waals surface area (Å²) in [6.45, 7) is 9.63. The summed E-state index contributed by atoms with van der Waals surface area (Å²) in [5, 5.41) is 13.8. The first-order valence-electron chi connectivity index (χ1n) is 9.57. The molecule has 0 saturated carbocycles. The smallest absolute Gasteiger partial charge is 0.412 e. The van der Waals surface area contributed by atoms with Gasteiger partial charge in [-0.2, -0.15) is 10.0 Å². The van der Waals surface area contributed by atoms with Gasteiger partial charge in [-0.25, -0.2) is 9.18 Å². The Labute approximate surface area is 181 Å². The summed E-state index contributed by atoms with van der Waals surface area (Å²) in [4.78, 5) is 12.2. The summed E-state index contributed by atoms with van der Waals surface area (Å²) in [5.74, 6) is 2.03. The quantitative estimate of drug-likeness (QED) is 0.358. The van der Waals surface area contributed by atoms with Gasteiger partial charge in [0.15, 0.2) is 11.6 Å². The van der Waals surface area contributed by atoms with Crippen molar-refractivity contribution in [2.45, 2.75) is 40.2 Å². The third kappa shape index (κ3) is 11.1. The van der Waals surface area contributed by atoms with Crippen molar-refractivity contribution in [1.29, 1.82) is 5.41 Å². The maximum Gasteiger partial charge on any atom is 0.412 e. The Morgan fingerprint density at radius 2 is 1.80 bits per heavy atom. The SMILES string of the molecule is CC.COCCOc1cc(NC(=O)OC(C)(C)C)c(C(=N)C#CS(C)(C)C)cc1F. The van der Waals surface area contributed by atoms with Crippen LogP contribution in [0.1, 0.15) is 40.2 Å². The van der Waals surface area contributed by atoms with Gasteiger partial charge >= 0.3 is 6.09 Å². The number of carbonyl (C=O) groups excluding carboxylic acids is 1. The molecule has 0 spiro atoms. The standard InChI is InChI=1S/C20H29FN2O4S.C2H6/c1-20(2,3)27-19(24)23-17-13-18(26-10-9-25-4)15(21)12-14(17)16(22)8-11-28(5,6)7;1-2/h12-13,22H,9-10H2,1-7H3,(H,23,24);1-2H3. The van der Waals surface area contributed by atoms with Crippen LogP contribution in [0.25, 0.3) is 0 Å². The highest BCUT2D eigenvalue weighted by Crippen LogP contribution is 2.32. The van der Waals surface area contributed by atoms with Crippen LogP contribution in [0.15, 0.2) is 12.1 Å². The van der Waals surface area contributed by atoms with Crippen molar-refractivity contribution < 1.29 is 23.4 Å². The van der Waals surface area contributed by atoms with E-state index in [0.717, 1.165) is 6.07 Å². The molecule has 0 radical (unpaired) electrons. The first-order valence-corrected chi connectivity index (χ1v) is 12.4. The first kappa shape index (κ1) is 27.8. The number of anilines is 1. The lowest BCUT2D eigenvalue weighted by molar-refractivity contribution is 0.0636. The predicted octanol–water partition coefficient (Wildman–Crippen LogP) is 5.25. The molecular formula is C22H35FN2O4S. The monoisotopic (exact) mass is 442 g/mol. The van der Waals surface area contributed by atoms with E-state index >= 15 is 0 Å². The van der Waals surface area contributed by atoms with Crippen molar-refractivity contribution in [3.63, 3.8) is 0 Å². The minimum Gasteiger partial charge on any atom is -0.488 e. The molecular weight excluding hydrogens is 407 g/mol. The lowest BCUT2D eigenvalue weighted by Crippen LogP contribution is -2.27. The summed E-state index contributed by atoms with van der Waals surface area (Å²) in [7, 11) is 0.343. The number of hydrogen-bond acceptors (Lipinski definition) is 5. The van der Waals surface area contributed by atoms with Gasteiger partial charge in [0.2, 0.25) is 0 Å². The number of rotatable bonds is 6. The molecule has 1 aromatic carbocycles. The van der Waals surface area contributed by atoms with Crippen LogP contribution in [0, 0.1) is 22.4 Å². The van der Waals surface area contributed by atoms with Gasteiger partial charge in [0.05, 0.1) is 12.3 Å². The molecule has 0 saturated heterocycles. The van der Waals surface area contributed by atoms with Gasteiger partial charge in [0.1, 0.15) is 17.9 Å². The van der Waals surface area contributed by atoms with Gasteiger partial charge in [-0.1, -0.05) is 13.8 Å². The second-order valence-electron chi connectivity index (χ2n) is 7.74. The van der Waals surface area contributed by atoms with E-state index < -0.39 is 27.5 Å². The topological polar surface area (TPSA) is 80.6 Å². The Balaban J connectivity index is 0.00000407. The minimum absolute atomic E-state index is 0.0611. The van der Waals surface area contributed by atoms with Crippen LogP contribution < -0.4 is 10.1 Å². The third-order valence-corrected chi connectivity index (χ3v) is 3.72. The molecule has 1 amide bonds. The molecule has 0 heterocycles.